The van der Waals surface area contributed by atoms with Crippen molar-refractivity contribution in [1.82, 2.24) is 4.90 Å². The molecule has 4 rings (SSSR count). The molecule has 1 atom stereocenters. The van der Waals surface area contributed by atoms with E-state index in [0.717, 1.165) is 16.7 Å². The molecule has 3 aromatic carbocycles. The number of nitrogens with zero attached hydrogens (tertiary/aromatic N) is 1. The minimum Gasteiger partial charge on any atom is -0.491 e. The van der Waals surface area contributed by atoms with E-state index in [2.05, 4.69) is 0 Å². The predicted molar refractivity (Wildman–Crippen MR) is 134 cm³/mol. The molecule has 1 N–H and O–H groups in total. The fourth-order valence-corrected chi connectivity index (χ4v) is 4.50. The van der Waals surface area contributed by atoms with Gasteiger partial charge in [-0.25, -0.2) is 4.39 Å². The maximum absolute atomic E-state index is 13.3. The summed E-state index contributed by atoms with van der Waals surface area (Å²) in [6.45, 7) is 5.60. The average Bonchev–Trinajstić information content (AvgIpc) is 3.15. The molecule has 7 heteroatoms. The Morgan fingerprint density at radius 1 is 1.06 bits per heavy atom. The van der Waals surface area contributed by atoms with Gasteiger partial charge in [0, 0.05) is 24.9 Å². The van der Waals surface area contributed by atoms with Crippen LogP contribution < -0.4 is 9.47 Å². The smallest absolute Gasteiger partial charge is 0.323 e. The van der Waals surface area contributed by atoms with E-state index in [1.165, 1.54) is 17.0 Å². The highest BCUT2D eigenvalue weighted by Gasteiger charge is 2.35. The number of hydrogen-bond acceptors (Lipinski definition) is 4. The van der Waals surface area contributed by atoms with Crippen LogP contribution >= 0.6 is 0 Å². The number of carboxylic acids is 1. The molecular formula is C29H30FNO5. The number of carboxylic acid groups (broad SMARTS) is 1. The van der Waals surface area contributed by atoms with Gasteiger partial charge in [-0.05, 0) is 79.9 Å². The molecule has 0 aliphatic carbocycles. The van der Waals surface area contributed by atoms with Crippen LogP contribution in [0.4, 0.5) is 4.39 Å². The van der Waals surface area contributed by atoms with E-state index >= 15 is 0 Å². The lowest BCUT2D eigenvalue weighted by molar-refractivity contribution is -0.137. The SMILES string of the molecule is CC(C)Oc1ccc(CN(CC(=O)O)C(=O)c2ccc3c(c2)C[C@@](C)(Cc2ccc(F)cc2)O3)cc1. The molecule has 1 amide bonds. The van der Waals surface area contributed by atoms with Crippen molar-refractivity contribution in [2.45, 2.75) is 51.9 Å². The summed E-state index contributed by atoms with van der Waals surface area (Å²) < 4.78 is 25.1. The molecule has 6 nitrogen and oxygen atoms in total. The molecule has 0 saturated heterocycles. The van der Waals surface area contributed by atoms with Crippen LogP contribution in [0.15, 0.2) is 66.7 Å². The van der Waals surface area contributed by atoms with E-state index in [0.29, 0.717) is 29.9 Å². The Labute approximate surface area is 210 Å². The van der Waals surface area contributed by atoms with Gasteiger partial charge in [-0.2, -0.15) is 0 Å². The van der Waals surface area contributed by atoms with Crippen molar-refractivity contribution in [2.24, 2.45) is 0 Å². The zero-order chi connectivity index (χ0) is 25.9. The van der Waals surface area contributed by atoms with Crippen molar-refractivity contribution in [3.63, 3.8) is 0 Å². The van der Waals surface area contributed by atoms with Crippen LogP contribution in [0.2, 0.25) is 0 Å². The van der Waals surface area contributed by atoms with Crippen molar-refractivity contribution < 1.29 is 28.6 Å². The summed E-state index contributed by atoms with van der Waals surface area (Å²) in [6.07, 6.45) is 1.21. The molecule has 0 aromatic heterocycles. The number of halogens is 1. The molecule has 0 spiro atoms. The molecule has 3 aromatic rings. The molecular weight excluding hydrogens is 461 g/mol. The molecule has 36 heavy (non-hydrogen) atoms. The standard InChI is InChI=1S/C29H30FNO5/c1-19(2)35-25-11-6-21(7-12-25)17-31(18-27(32)33)28(34)22-8-13-26-23(14-22)16-29(3,36-26)15-20-4-9-24(30)10-5-20/h4-14,19H,15-18H2,1-3H3,(H,32,33)/t29-/m1/s1. The first-order valence-corrected chi connectivity index (χ1v) is 11.9. The number of ether oxygens (including phenoxy) is 2. The number of aliphatic carboxylic acids is 1. The molecule has 1 aliphatic heterocycles. The Morgan fingerprint density at radius 3 is 2.36 bits per heavy atom. The molecule has 0 unspecified atom stereocenters. The molecule has 0 fully saturated rings. The summed E-state index contributed by atoms with van der Waals surface area (Å²) in [7, 11) is 0. The van der Waals surface area contributed by atoms with E-state index in [-0.39, 0.29) is 24.4 Å². The van der Waals surface area contributed by atoms with Gasteiger partial charge in [0.1, 0.15) is 29.5 Å². The molecule has 1 heterocycles. The van der Waals surface area contributed by atoms with Gasteiger partial charge < -0.3 is 19.5 Å². The number of carbonyl (C=O) groups excluding carboxylic acids is 1. The fraction of sp³-hybridized carbons (Fsp3) is 0.310. The third-order valence-corrected chi connectivity index (χ3v) is 6.00. The number of carbonyl (C=O) groups is 2. The van der Waals surface area contributed by atoms with Gasteiger partial charge in [0.15, 0.2) is 0 Å². The highest BCUT2D eigenvalue weighted by molar-refractivity contribution is 5.96. The number of hydrogen-bond donors (Lipinski definition) is 1. The Bertz CT molecular complexity index is 1240. The van der Waals surface area contributed by atoms with Gasteiger partial charge in [0.05, 0.1) is 6.10 Å². The zero-order valence-corrected chi connectivity index (χ0v) is 20.7. The lowest BCUT2D eigenvalue weighted by Crippen LogP contribution is -2.35. The quantitative estimate of drug-likeness (QED) is 0.441. The Hall–Kier alpha value is -3.87. The summed E-state index contributed by atoms with van der Waals surface area (Å²) in [5.74, 6) is -0.323. The molecule has 0 bridgehead atoms. The Balaban J connectivity index is 1.49. The van der Waals surface area contributed by atoms with Gasteiger partial charge in [0.25, 0.3) is 5.91 Å². The van der Waals surface area contributed by atoms with Crippen LogP contribution in [0.25, 0.3) is 0 Å². The van der Waals surface area contributed by atoms with Crippen molar-refractivity contribution in [2.75, 3.05) is 6.54 Å². The summed E-state index contributed by atoms with van der Waals surface area (Å²) in [5.41, 5.74) is 2.53. The monoisotopic (exact) mass is 491 g/mol. The molecule has 0 saturated carbocycles. The highest BCUT2D eigenvalue weighted by Crippen LogP contribution is 2.37. The number of benzene rings is 3. The number of amides is 1. The van der Waals surface area contributed by atoms with Crippen LogP contribution in [-0.2, 0) is 24.2 Å². The maximum Gasteiger partial charge on any atom is 0.323 e. The Kier molecular flexibility index (Phi) is 7.29. The van der Waals surface area contributed by atoms with Crippen LogP contribution in [-0.4, -0.2) is 40.1 Å². The topological polar surface area (TPSA) is 76.1 Å². The summed E-state index contributed by atoms with van der Waals surface area (Å²) in [5, 5.41) is 9.42. The van der Waals surface area contributed by atoms with E-state index in [1.54, 1.807) is 30.3 Å². The second-order valence-electron chi connectivity index (χ2n) is 9.72. The molecule has 0 radical (unpaired) electrons. The second-order valence-corrected chi connectivity index (χ2v) is 9.72. The van der Waals surface area contributed by atoms with Gasteiger partial charge in [0.2, 0.25) is 0 Å². The maximum atomic E-state index is 13.3. The van der Waals surface area contributed by atoms with Crippen molar-refractivity contribution in [3.05, 3.63) is 94.8 Å². The minimum absolute atomic E-state index is 0.0438. The van der Waals surface area contributed by atoms with E-state index in [9.17, 15) is 19.1 Å². The van der Waals surface area contributed by atoms with Gasteiger partial charge in [-0.15, -0.1) is 0 Å². The largest absolute Gasteiger partial charge is 0.491 e. The third kappa shape index (κ3) is 6.22. The van der Waals surface area contributed by atoms with Crippen LogP contribution in [0.1, 0.15) is 47.8 Å². The molecule has 188 valence electrons. The van der Waals surface area contributed by atoms with Crippen LogP contribution in [0, 0.1) is 5.82 Å². The first-order chi connectivity index (χ1) is 17.1. The van der Waals surface area contributed by atoms with Gasteiger partial charge in [-0.3, -0.25) is 9.59 Å². The lowest BCUT2D eigenvalue weighted by Gasteiger charge is -2.24. The normalized spacial score (nSPS) is 16.4. The van der Waals surface area contributed by atoms with E-state index in [1.807, 2.05) is 45.0 Å². The minimum atomic E-state index is -1.08. The Morgan fingerprint density at radius 2 is 1.72 bits per heavy atom. The highest BCUT2D eigenvalue weighted by atomic mass is 19.1. The van der Waals surface area contributed by atoms with E-state index < -0.39 is 18.1 Å². The summed E-state index contributed by atoms with van der Waals surface area (Å²) in [4.78, 5) is 26.2. The van der Waals surface area contributed by atoms with Crippen LogP contribution in [0.5, 0.6) is 11.5 Å². The first kappa shape index (κ1) is 25.2. The lowest BCUT2D eigenvalue weighted by atomic mass is 9.91. The first-order valence-electron chi connectivity index (χ1n) is 11.9. The summed E-state index contributed by atoms with van der Waals surface area (Å²) >= 11 is 0. The van der Waals surface area contributed by atoms with Crippen molar-refractivity contribution in [1.29, 1.82) is 0 Å². The van der Waals surface area contributed by atoms with Gasteiger partial charge >= 0.3 is 5.97 Å². The summed E-state index contributed by atoms with van der Waals surface area (Å²) in [6, 6.07) is 18.8. The number of rotatable bonds is 9. The van der Waals surface area contributed by atoms with Crippen LogP contribution in [0.3, 0.4) is 0 Å². The number of fused-ring (bicyclic) bond motifs is 1. The second kappa shape index (κ2) is 10.4. The third-order valence-electron chi connectivity index (χ3n) is 6.00. The van der Waals surface area contributed by atoms with Crippen molar-refractivity contribution >= 4 is 11.9 Å². The average molecular weight is 492 g/mol. The van der Waals surface area contributed by atoms with Gasteiger partial charge in [-0.1, -0.05) is 24.3 Å². The van der Waals surface area contributed by atoms with Crippen molar-refractivity contribution in [3.8, 4) is 11.5 Å². The van der Waals surface area contributed by atoms with E-state index in [4.69, 9.17) is 9.47 Å². The predicted octanol–water partition coefficient (Wildman–Crippen LogP) is 5.28. The zero-order valence-electron chi connectivity index (χ0n) is 20.7. The molecule has 1 aliphatic rings. The fourth-order valence-electron chi connectivity index (χ4n) is 4.50.